The molecule has 4 N–H and O–H groups in total. The van der Waals surface area contributed by atoms with Crippen molar-refractivity contribution in [3.63, 3.8) is 0 Å². The van der Waals surface area contributed by atoms with Crippen molar-refractivity contribution < 1.29 is 4.39 Å². The highest BCUT2D eigenvalue weighted by molar-refractivity contribution is 8.00. The van der Waals surface area contributed by atoms with Crippen molar-refractivity contribution in [3.8, 4) is 0 Å². The first kappa shape index (κ1) is 26.8. The lowest BCUT2D eigenvalue weighted by molar-refractivity contribution is 0.629. The monoisotopic (exact) mass is 564 g/mol. The number of aryl methyl sites for hydroxylation is 3. The fourth-order valence-electron chi connectivity index (χ4n) is 5.22. The fraction of sp³-hybridized carbons (Fsp3) is 0.147. The van der Waals surface area contributed by atoms with Crippen molar-refractivity contribution >= 4 is 45.3 Å². The summed E-state index contributed by atoms with van der Waals surface area (Å²) in [5, 5.41) is 2.16. The Bertz CT molecular complexity index is 1800. The van der Waals surface area contributed by atoms with Crippen LogP contribution < -0.4 is 5.73 Å². The van der Waals surface area contributed by atoms with E-state index in [0.717, 1.165) is 39.9 Å². The van der Waals surface area contributed by atoms with Gasteiger partial charge < -0.3 is 15.7 Å². The van der Waals surface area contributed by atoms with Gasteiger partial charge in [-0.25, -0.2) is 4.39 Å². The molecule has 0 aliphatic carbocycles. The van der Waals surface area contributed by atoms with Gasteiger partial charge in [0.05, 0.1) is 0 Å². The van der Waals surface area contributed by atoms with Gasteiger partial charge in [-0.05, 0) is 80.3 Å². The Morgan fingerprint density at radius 2 is 1.57 bits per heavy atom. The molecular weight excluding hydrogens is 534 g/mol. The molecule has 4 aromatic carbocycles. The lowest BCUT2D eigenvalue weighted by Gasteiger charge is -2.19. The molecule has 0 bridgehead atoms. The Labute approximate surface area is 242 Å². The van der Waals surface area contributed by atoms with E-state index in [1.54, 1.807) is 29.6 Å². The van der Waals surface area contributed by atoms with Gasteiger partial charge in [-0.2, -0.15) is 0 Å². The first-order chi connectivity index (χ1) is 19.5. The predicted octanol–water partition coefficient (Wildman–Crippen LogP) is 9.22. The minimum absolute atomic E-state index is 0.219. The summed E-state index contributed by atoms with van der Waals surface area (Å²) in [5.74, 6) is 1.02. The van der Waals surface area contributed by atoms with Crippen LogP contribution >= 0.6 is 23.5 Å². The maximum absolute atomic E-state index is 14.1. The van der Waals surface area contributed by atoms with E-state index in [9.17, 15) is 4.39 Å². The molecule has 6 rings (SSSR count). The first-order valence-corrected chi connectivity index (χ1v) is 15.1. The largest absolute Gasteiger partial charge is 0.360 e. The van der Waals surface area contributed by atoms with E-state index in [4.69, 9.17) is 5.73 Å². The van der Waals surface area contributed by atoms with Crippen molar-refractivity contribution in [2.24, 2.45) is 5.73 Å². The van der Waals surface area contributed by atoms with E-state index >= 15 is 0 Å². The minimum Gasteiger partial charge on any atom is -0.360 e. The molecule has 0 fully saturated rings. The summed E-state index contributed by atoms with van der Waals surface area (Å²) in [7, 11) is 0. The number of halogens is 1. The molecule has 0 unspecified atom stereocenters. The fourth-order valence-corrected chi connectivity index (χ4v) is 7.47. The van der Waals surface area contributed by atoms with Crippen molar-refractivity contribution in [2.45, 2.75) is 46.3 Å². The van der Waals surface area contributed by atoms with E-state index in [2.05, 4.69) is 89.8 Å². The van der Waals surface area contributed by atoms with Crippen LogP contribution in [0.15, 0.2) is 111 Å². The molecule has 2 heterocycles. The second-order valence-electron chi connectivity index (χ2n) is 10.1. The number of aromatic nitrogens is 2. The zero-order valence-electron chi connectivity index (χ0n) is 22.6. The Hall–Kier alpha value is -3.45. The quantitative estimate of drug-likeness (QED) is 0.164. The van der Waals surface area contributed by atoms with E-state index in [-0.39, 0.29) is 5.82 Å². The van der Waals surface area contributed by atoms with E-state index in [1.165, 1.54) is 48.7 Å². The zero-order chi connectivity index (χ0) is 27.6. The van der Waals surface area contributed by atoms with E-state index < -0.39 is 0 Å². The Kier molecular flexibility index (Phi) is 7.74. The summed E-state index contributed by atoms with van der Waals surface area (Å²) < 4.78 is 14.1. The SMILES string of the molecule is Cc1ccc2[nH]cc(Sc3ccccc3[C](CN)CCc3ccccc3Sc3c(C)[nH]c4ccc(F)cc34)c2c1. The van der Waals surface area contributed by atoms with Gasteiger partial charge in [-0.3, -0.25) is 0 Å². The topological polar surface area (TPSA) is 57.6 Å². The van der Waals surface area contributed by atoms with Crippen LogP contribution in [0.25, 0.3) is 21.8 Å². The van der Waals surface area contributed by atoms with Crippen molar-refractivity contribution in [1.29, 1.82) is 0 Å². The summed E-state index contributed by atoms with van der Waals surface area (Å²) in [6.07, 6.45) is 3.83. The smallest absolute Gasteiger partial charge is 0.123 e. The first-order valence-electron chi connectivity index (χ1n) is 13.4. The highest BCUT2D eigenvalue weighted by atomic mass is 32.2. The van der Waals surface area contributed by atoms with Crippen LogP contribution in [0.1, 0.15) is 28.8 Å². The number of H-pyrrole nitrogens is 2. The maximum Gasteiger partial charge on any atom is 0.123 e. The van der Waals surface area contributed by atoms with Gasteiger partial charge in [-0.15, -0.1) is 0 Å². The summed E-state index contributed by atoms with van der Waals surface area (Å²) in [6, 6.07) is 28.5. The Morgan fingerprint density at radius 3 is 2.42 bits per heavy atom. The van der Waals surface area contributed by atoms with Crippen LogP contribution in [0.5, 0.6) is 0 Å². The van der Waals surface area contributed by atoms with Gasteiger partial charge in [0.25, 0.3) is 0 Å². The summed E-state index contributed by atoms with van der Waals surface area (Å²) in [4.78, 5) is 11.5. The van der Waals surface area contributed by atoms with Crippen LogP contribution in [-0.4, -0.2) is 16.5 Å². The molecule has 0 saturated carbocycles. The maximum atomic E-state index is 14.1. The molecule has 40 heavy (non-hydrogen) atoms. The highest BCUT2D eigenvalue weighted by Crippen LogP contribution is 2.41. The van der Waals surface area contributed by atoms with Gasteiger partial charge in [0, 0.05) is 65.7 Å². The summed E-state index contributed by atoms with van der Waals surface area (Å²) in [5.41, 5.74) is 13.3. The van der Waals surface area contributed by atoms with Crippen molar-refractivity contribution in [2.75, 3.05) is 6.54 Å². The standard InChI is InChI=1S/C34H31FN3S2/c1-21-11-15-29-27(17-21)33(20-37-29)39-32-10-6-4-8-26(32)24(19-36)13-12-23-7-3-5-9-31(23)40-34-22(2)38-30-16-14-25(35)18-28(30)34/h3-11,14-18,20,37-38H,12-13,19,36H2,1-2H3. The second kappa shape index (κ2) is 11.6. The molecule has 6 aromatic rings. The van der Waals surface area contributed by atoms with E-state index in [1.807, 2.05) is 13.0 Å². The lowest BCUT2D eigenvalue weighted by Crippen LogP contribution is -2.15. The number of nitrogens with one attached hydrogen (secondary N) is 2. The molecule has 0 aliphatic rings. The number of fused-ring (bicyclic) bond motifs is 2. The molecule has 3 nitrogen and oxygen atoms in total. The van der Waals surface area contributed by atoms with Gasteiger partial charge in [-0.1, -0.05) is 71.6 Å². The molecule has 6 heteroatoms. The van der Waals surface area contributed by atoms with Crippen LogP contribution in [-0.2, 0) is 6.42 Å². The van der Waals surface area contributed by atoms with Crippen LogP contribution in [0.3, 0.4) is 0 Å². The Morgan fingerprint density at radius 1 is 0.800 bits per heavy atom. The number of benzene rings is 4. The zero-order valence-corrected chi connectivity index (χ0v) is 24.2. The molecule has 2 aromatic heterocycles. The number of hydrogen-bond acceptors (Lipinski definition) is 3. The van der Waals surface area contributed by atoms with Crippen LogP contribution in [0.4, 0.5) is 4.39 Å². The number of rotatable bonds is 9. The van der Waals surface area contributed by atoms with Gasteiger partial charge >= 0.3 is 0 Å². The molecule has 0 saturated heterocycles. The average molecular weight is 565 g/mol. The van der Waals surface area contributed by atoms with Crippen LogP contribution in [0.2, 0.25) is 0 Å². The normalized spacial score (nSPS) is 11.7. The molecular formula is C34H31FN3S2. The van der Waals surface area contributed by atoms with Crippen LogP contribution in [0, 0.1) is 25.6 Å². The van der Waals surface area contributed by atoms with Crippen molar-refractivity contribution in [3.05, 3.63) is 125 Å². The predicted molar refractivity (Wildman–Crippen MR) is 167 cm³/mol. The number of aromatic amines is 2. The molecule has 0 spiro atoms. The minimum atomic E-state index is -0.219. The van der Waals surface area contributed by atoms with Gasteiger partial charge in [0.15, 0.2) is 0 Å². The molecule has 1 radical (unpaired) electrons. The lowest BCUT2D eigenvalue weighted by atomic mass is 9.92. The van der Waals surface area contributed by atoms with Crippen molar-refractivity contribution in [1.82, 2.24) is 9.97 Å². The summed E-state index contributed by atoms with van der Waals surface area (Å²) in [6.45, 7) is 4.68. The molecule has 201 valence electrons. The Balaban J connectivity index is 1.24. The molecule has 0 aliphatic heterocycles. The number of hydrogen-bond donors (Lipinski definition) is 3. The third kappa shape index (κ3) is 5.44. The molecule has 0 amide bonds. The van der Waals surface area contributed by atoms with E-state index in [0.29, 0.717) is 6.54 Å². The van der Waals surface area contributed by atoms with Gasteiger partial charge in [0.1, 0.15) is 5.82 Å². The van der Waals surface area contributed by atoms with Gasteiger partial charge in [0.2, 0.25) is 0 Å². The third-order valence-electron chi connectivity index (χ3n) is 7.30. The third-order valence-corrected chi connectivity index (χ3v) is 9.79. The summed E-state index contributed by atoms with van der Waals surface area (Å²) >= 11 is 3.49. The second-order valence-corrected chi connectivity index (χ2v) is 12.2. The highest BCUT2D eigenvalue weighted by Gasteiger charge is 2.18. The average Bonchev–Trinajstić information content (AvgIpc) is 3.49. The molecule has 0 atom stereocenters. The number of nitrogens with two attached hydrogens (primary N) is 1.